The second kappa shape index (κ2) is 3.63. The van der Waals surface area contributed by atoms with Crippen molar-refractivity contribution in [1.82, 2.24) is 4.98 Å². The van der Waals surface area contributed by atoms with Gasteiger partial charge in [0.1, 0.15) is 11.6 Å². The number of ether oxygens (including phenoxy) is 1. The van der Waals surface area contributed by atoms with Gasteiger partial charge in [0.05, 0.1) is 12.3 Å². The van der Waals surface area contributed by atoms with Crippen molar-refractivity contribution in [2.24, 2.45) is 0 Å². The molecule has 5 heteroatoms. The van der Waals surface area contributed by atoms with Crippen molar-refractivity contribution < 1.29 is 9.84 Å². The SMILES string of the molecule is CCOc1nc(O)cc(N)c1C#N. The third kappa shape index (κ3) is 1.79. The molecule has 0 atom stereocenters. The maximum atomic E-state index is 9.06. The van der Waals surface area contributed by atoms with Gasteiger partial charge in [0.15, 0.2) is 0 Å². The number of nitriles is 1. The molecule has 0 aliphatic heterocycles. The van der Waals surface area contributed by atoms with E-state index in [9.17, 15) is 0 Å². The summed E-state index contributed by atoms with van der Waals surface area (Å²) in [6.07, 6.45) is 0. The van der Waals surface area contributed by atoms with E-state index in [0.29, 0.717) is 6.61 Å². The first-order valence-electron chi connectivity index (χ1n) is 3.71. The average molecular weight is 179 g/mol. The number of nitrogen functional groups attached to an aromatic ring is 1. The highest BCUT2D eigenvalue weighted by Crippen LogP contribution is 2.25. The zero-order valence-electron chi connectivity index (χ0n) is 7.11. The fourth-order valence-corrected chi connectivity index (χ4v) is 0.880. The Labute approximate surface area is 75.4 Å². The van der Waals surface area contributed by atoms with Crippen molar-refractivity contribution in [3.63, 3.8) is 0 Å². The van der Waals surface area contributed by atoms with Gasteiger partial charge < -0.3 is 15.6 Å². The molecule has 1 rings (SSSR count). The Morgan fingerprint density at radius 2 is 2.46 bits per heavy atom. The van der Waals surface area contributed by atoms with Crippen LogP contribution in [0.2, 0.25) is 0 Å². The van der Waals surface area contributed by atoms with Crippen molar-refractivity contribution >= 4 is 5.69 Å². The third-order valence-electron chi connectivity index (χ3n) is 1.40. The number of anilines is 1. The molecule has 0 fully saturated rings. The first kappa shape index (κ1) is 9.13. The molecule has 0 saturated carbocycles. The Morgan fingerprint density at radius 1 is 1.77 bits per heavy atom. The van der Waals surface area contributed by atoms with Crippen molar-refractivity contribution in [1.29, 1.82) is 5.26 Å². The zero-order chi connectivity index (χ0) is 9.84. The van der Waals surface area contributed by atoms with E-state index >= 15 is 0 Å². The number of nitrogens with zero attached hydrogens (tertiary/aromatic N) is 2. The molecule has 0 amide bonds. The minimum atomic E-state index is -0.250. The van der Waals surface area contributed by atoms with Gasteiger partial charge in [-0.1, -0.05) is 0 Å². The maximum Gasteiger partial charge on any atom is 0.237 e. The largest absolute Gasteiger partial charge is 0.493 e. The Balaban J connectivity index is 3.23. The Morgan fingerprint density at radius 3 is 3.00 bits per heavy atom. The summed E-state index contributed by atoms with van der Waals surface area (Å²) in [5, 5.41) is 17.7. The molecule has 1 aromatic rings. The number of rotatable bonds is 2. The Bertz CT molecular complexity index is 357. The summed E-state index contributed by atoms with van der Waals surface area (Å²) in [6, 6.07) is 3.06. The van der Waals surface area contributed by atoms with E-state index in [1.165, 1.54) is 6.07 Å². The van der Waals surface area contributed by atoms with Gasteiger partial charge >= 0.3 is 0 Å². The number of nitrogens with two attached hydrogens (primary N) is 1. The highest BCUT2D eigenvalue weighted by atomic mass is 16.5. The monoisotopic (exact) mass is 179 g/mol. The molecule has 5 nitrogen and oxygen atoms in total. The molecular formula is C8H9N3O2. The van der Waals surface area contributed by atoms with E-state index in [1.807, 2.05) is 6.07 Å². The standard InChI is InChI=1S/C8H9N3O2/c1-2-13-8-5(4-9)6(10)3-7(12)11-8/h3H,2H2,1H3,(H3,10,11,12). The lowest BCUT2D eigenvalue weighted by molar-refractivity contribution is 0.319. The quantitative estimate of drug-likeness (QED) is 0.695. The van der Waals surface area contributed by atoms with E-state index in [4.69, 9.17) is 20.8 Å². The molecule has 0 bridgehead atoms. The van der Waals surface area contributed by atoms with Crippen LogP contribution in [-0.4, -0.2) is 16.7 Å². The number of aromatic nitrogens is 1. The number of hydrogen-bond donors (Lipinski definition) is 2. The van der Waals surface area contributed by atoms with Gasteiger partial charge in [-0.2, -0.15) is 10.2 Å². The van der Waals surface area contributed by atoms with Crippen LogP contribution in [0.1, 0.15) is 12.5 Å². The zero-order valence-corrected chi connectivity index (χ0v) is 7.11. The minimum absolute atomic E-state index is 0.0718. The van der Waals surface area contributed by atoms with Crippen LogP contribution in [0.15, 0.2) is 6.07 Å². The Kier molecular flexibility index (Phi) is 2.55. The lowest BCUT2D eigenvalue weighted by Gasteiger charge is -2.05. The van der Waals surface area contributed by atoms with E-state index in [2.05, 4.69) is 4.98 Å². The normalized spacial score (nSPS) is 9.23. The molecule has 0 aliphatic carbocycles. The van der Waals surface area contributed by atoms with Crippen LogP contribution in [0.25, 0.3) is 0 Å². The first-order valence-corrected chi connectivity index (χ1v) is 3.71. The van der Waals surface area contributed by atoms with Crippen LogP contribution in [0.3, 0.4) is 0 Å². The predicted molar refractivity (Wildman–Crippen MR) is 46.2 cm³/mol. The van der Waals surface area contributed by atoms with Crippen molar-refractivity contribution in [3.05, 3.63) is 11.6 Å². The van der Waals surface area contributed by atoms with Crippen molar-refractivity contribution in [2.45, 2.75) is 6.92 Å². The molecule has 0 spiro atoms. The summed E-state index contributed by atoms with van der Waals surface area (Å²) in [5.41, 5.74) is 5.78. The summed E-state index contributed by atoms with van der Waals surface area (Å²) in [6.45, 7) is 2.12. The maximum absolute atomic E-state index is 9.06. The second-order valence-corrected chi connectivity index (χ2v) is 2.29. The van der Waals surface area contributed by atoms with Gasteiger partial charge in [-0.3, -0.25) is 0 Å². The van der Waals surface area contributed by atoms with E-state index in [1.54, 1.807) is 6.92 Å². The lowest BCUT2D eigenvalue weighted by Crippen LogP contribution is -2.00. The molecule has 13 heavy (non-hydrogen) atoms. The van der Waals surface area contributed by atoms with Gasteiger partial charge in [-0.25, -0.2) is 0 Å². The molecule has 0 aromatic carbocycles. The second-order valence-electron chi connectivity index (χ2n) is 2.29. The molecule has 1 heterocycles. The summed E-state index contributed by atoms with van der Waals surface area (Å²) in [7, 11) is 0. The number of pyridine rings is 1. The molecular weight excluding hydrogens is 170 g/mol. The lowest BCUT2D eigenvalue weighted by atomic mass is 10.2. The van der Waals surface area contributed by atoms with Gasteiger partial charge in [0, 0.05) is 6.07 Å². The fraction of sp³-hybridized carbons (Fsp3) is 0.250. The van der Waals surface area contributed by atoms with E-state index < -0.39 is 0 Å². The Hall–Kier alpha value is -1.96. The first-order chi connectivity index (χ1) is 6.19. The summed E-state index contributed by atoms with van der Waals surface area (Å²) < 4.78 is 5.02. The van der Waals surface area contributed by atoms with Crippen LogP contribution >= 0.6 is 0 Å². The molecule has 0 radical (unpaired) electrons. The number of hydrogen-bond acceptors (Lipinski definition) is 5. The van der Waals surface area contributed by atoms with Gasteiger partial charge in [-0.05, 0) is 6.92 Å². The van der Waals surface area contributed by atoms with Crippen LogP contribution in [0, 0.1) is 11.3 Å². The predicted octanol–water partition coefficient (Wildman–Crippen LogP) is 0.640. The van der Waals surface area contributed by atoms with Crippen LogP contribution in [0.4, 0.5) is 5.69 Å². The summed E-state index contributed by atoms with van der Waals surface area (Å²) in [4.78, 5) is 3.63. The van der Waals surface area contributed by atoms with Crippen LogP contribution < -0.4 is 10.5 Å². The molecule has 68 valence electrons. The molecule has 0 saturated heterocycles. The molecule has 0 unspecified atom stereocenters. The van der Waals surface area contributed by atoms with Crippen molar-refractivity contribution in [2.75, 3.05) is 12.3 Å². The van der Waals surface area contributed by atoms with Crippen LogP contribution in [-0.2, 0) is 0 Å². The average Bonchev–Trinajstić information content (AvgIpc) is 2.04. The smallest absolute Gasteiger partial charge is 0.237 e. The highest BCUT2D eigenvalue weighted by molar-refractivity contribution is 5.60. The molecule has 0 aliphatic rings. The molecule has 1 aromatic heterocycles. The van der Waals surface area contributed by atoms with Crippen LogP contribution in [0.5, 0.6) is 11.8 Å². The highest BCUT2D eigenvalue weighted by Gasteiger charge is 2.10. The minimum Gasteiger partial charge on any atom is -0.493 e. The fourth-order valence-electron chi connectivity index (χ4n) is 0.880. The summed E-state index contributed by atoms with van der Waals surface area (Å²) >= 11 is 0. The van der Waals surface area contributed by atoms with Gasteiger partial charge in [0.25, 0.3) is 0 Å². The third-order valence-corrected chi connectivity index (χ3v) is 1.40. The van der Waals surface area contributed by atoms with Gasteiger partial charge in [-0.15, -0.1) is 0 Å². The molecule has 3 N–H and O–H groups in total. The van der Waals surface area contributed by atoms with Crippen molar-refractivity contribution in [3.8, 4) is 17.8 Å². The summed E-state index contributed by atoms with van der Waals surface area (Å²) in [5.74, 6) is -0.178. The topological polar surface area (TPSA) is 92.2 Å². The van der Waals surface area contributed by atoms with E-state index in [0.717, 1.165) is 0 Å². The number of aromatic hydroxyl groups is 1. The van der Waals surface area contributed by atoms with E-state index in [-0.39, 0.29) is 23.0 Å². The van der Waals surface area contributed by atoms with Gasteiger partial charge in [0.2, 0.25) is 11.8 Å².